The van der Waals surface area contributed by atoms with Gasteiger partial charge in [-0.3, -0.25) is 0 Å². The molecule has 1 rings (SSSR count). The number of unbranched alkanes of at least 4 members (excludes halogenated alkanes) is 12. The van der Waals surface area contributed by atoms with Crippen LogP contribution in [-0.4, -0.2) is 59.6 Å². The Labute approximate surface area is 178 Å². The predicted octanol–water partition coefficient (Wildman–Crippen LogP) is 4.52. The fourth-order valence-corrected chi connectivity index (χ4v) is 3.75. The highest BCUT2D eigenvalue weighted by molar-refractivity contribution is 4.87. The van der Waals surface area contributed by atoms with Crippen molar-refractivity contribution in [1.29, 1.82) is 0 Å². The van der Waals surface area contributed by atoms with Gasteiger partial charge in [0.15, 0.2) is 0 Å². The van der Waals surface area contributed by atoms with Crippen LogP contribution in [0.15, 0.2) is 12.2 Å². The monoisotopic (exact) mass is 414 g/mol. The van der Waals surface area contributed by atoms with Crippen molar-refractivity contribution in [3.05, 3.63) is 12.2 Å². The summed E-state index contributed by atoms with van der Waals surface area (Å²) < 4.78 is 10.9. The van der Waals surface area contributed by atoms with Gasteiger partial charge < -0.3 is 24.8 Å². The highest BCUT2D eigenvalue weighted by Crippen LogP contribution is 2.18. The predicted molar refractivity (Wildman–Crippen MR) is 118 cm³/mol. The minimum absolute atomic E-state index is 0.211. The van der Waals surface area contributed by atoms with Gasteiger partial charge in [-0.15, -0.1) is 0 Å². The van der Waals surface area contributed by atoms with E-state index in [4.69, 9.17) is 14.6 Å². The van der Waals surface area contributed by atoms with E-state index in [0.29, 0.717) is 6.61 Å². The van der Waals surface area contributed by atoms with Crippen molar-refractivity contribution in [2.75, 3.05) is 19.8 Å². The Morgan fingerprint density at radius 2 is 1.34 bits per heavy atom. The summed E-state index contributed by atoms with van der Waals surface area (Å²) in [4.78, 5) is 0. The molecule has 3 N–H and O–H groups in total. The molecule has 4 atom stereocenters. The fraction of sp³-hybridized carbons (Fsp3) is 0.917. The van der Waals surface area contributed by atoms with Crippen molar-refractivity contribution in [3.8, 4) is 0 Å². The van der Waals surface area contributed by atoms with Gasteiger partial charge in [0.25, 0.3) is 0 Å². The van der Waals surface area contributed by atoms with Gasteiger partial charge in [-0.25, -0.2) is 0 Å². The van der Waals surface area contributed by atoms with Crippen molar-refractivity contribution in [2.24, 2.45) is 0 Å². The Balaban J connectivity index is 1.85. The lowest BCUT2D eigenvalue weighted by Crippen LogP contribution is -2.55. The van der Waals surface area contributed by atoms with Gasteiger partial charge in [-0.2, -0.15) is 0 Å². The number of ether oxygens (including phenoxy) is 2. The third kappa shape index (κ3) is 12.7. The van der Waals surface area contributed by atoms with Gasteiger partial charge in [-0.05, 0) is 32.1 Å². The maximum Gasteiger partial charge on any atom is 0.111 e. The van der Waals surface area contributed by atoms with Crippen LogP contribution in [0.1, 0.15) is 96.8 Å². The van der Waals surface area contributed by atoms with Crippen molar-refractivity contribution in [2.45, 2.75) is 121 Å². The standard InChI is InChI=1S/C24H46O5/c1-2-3-4-5-6-7-8-9-10-11-12-13-14-15-16-17-18-28-22-20-29-21(19-25)23(26)24(22)27/h13-14,21-27H,2-12,15-20H2,1H3/b14-13+/t21-,22+,23-,24-/m0/s1. The second kappa shape index (κ2) is 18.3. The Hall–Kier alpha value is -0.460. The molecule has 5 heteroatoms. The quantitative estimate of drug-likeness (QED) is 0.227. The first-order chi connectivity index (χ1) is 14.2. The molecule has 0 aromatic rings. The van der Waals surface area contributed by atoms with Gasteiger partial charge >= 0.3 is 0 Å². The molecule has 0 aromatic heterocycles. The number of rotatable bonds is 18. The average Bonchev–Trinajstić information content (AvgIpc) is 2.73. The Morgan fingerprint density at radius 1 is 0.793 bits per heavy atom. The van der Waals surface area contributed by atoms with E-state index in [1.807, 2.05) is 0 Å². The lowest BCUT2D eigenvalue weighted by atomic mass is 10.0. The molecule has 0 saturated carbocycles. The molecule has 0 amide bonds. The average molecular weight is 415 g/mol. The molecule has 1 aliphatic heterocycles. The maximum atomic E-state index is 10.00. The SMILES string of the molecule is CCCCCCCCCCCC/C=C/CCCCO[C@@H]1CO[C@@H](CO)[C@H](O)[C@H]1O. The van der Waals surface area contributed by atoms with E-state index >= 15 is 0 Å². The van der Waals surface area contributed by atoms with Crippen molar-refractivity contribution in [1.82, 2.24) is 0 Å². The van der Waals surface area contributed by atoms with E-state index in [9.17, 15) is 10.2 Å². The molecule has 1 saturated heterocycles. The number of hydrogen-bond acceptors (Lipinski definition) is 5. The van der Waals surface area contributed by atoms with E-state index in [-0.39, 0.29) is 13.2 Å². The zero-order chi connectivity index (χ0) is 21.2. The van der Waals surface area contributed by atoms with E-state index in [1.165, 1.54) is 70.6 Å². The number of aliphatic hydroxyl groups is 3. The number of aliphatic hydroxyl groups excluding tert-OH is 3. The summed E-state index contributed by atoms with van der Waals surface area (Å²) in [7, 11) is 0. The lowest BCUT2D eigenvalue weighted by Gasteiger charge is -2.36. The molecule has 0 aromatic carbocycles. The number of allylic oxidation sites excluding steroid dienone is 2. The smallest absolute Gasteiger partial charge is 0.111 e. The molecular formula is C24H46O5. The van der Waals surface area contributed by atoms with Crippen LogP contribution in [-0.2, 0) is 9.47 Å². The fourth-order valence-electron chi connectivity index (χ4n) is 3.75. The second-order valence-electron chi connectivity index (χ2n) is 8.38. The summed E-state index contributed by atoms with van der Waals surface area (Å²) in [5.74, 6) is 0. The minimum Gasteiger partial charge on any atom is -0.394 e. The first-order valence-corrected chi connectivity index (χ1v) is 12.1. The first-order valence-electron chi connectivity index (χ1n) is 12.1. The van der Waals surface area contributed by atoms with E-state index < -0.39 is 24.4 Å². The van der Waals surface area contributed by atoms with Gasteiger partial charge in [-0.1, -0.05) is 76.9 Å². The molecule has 0 unspecified atom stereocenters. The molecule has 1 fully saturated rings. The summed E-state index contributed by atoms with van der Waals surface area (Å²) in [6, 6.07) is 0. The van der Waals surface area contributed by atoms with Crippen LogP contribution in [0.3, 0.4) is 0 Å². The van der Waals surface area contributed by atoms with Gasteiger partial charge in [0, 0.05) is 6.61 Å². The minimum atomic E-state index is -1.09. The van der Waals surface area contributed by atoms with E-state index in [1.54, 1.807) is 0 Å². The highest BCUT2D eigenvalue weighted by atomic mass is 16.6. The molecule has 172 valence electrons. The highest BCUT2D eigenvalue weighted by Gasteiger charge is 2.38. The molecule has 0 spiro atoms. The third-order valence-corrected chi connectivity index (χ3v) is 5.75. The third-order valence-electron chi connectivity index (χ3n) is 5.75. The molecular weight excluding hydrogens is 368 g/mol. The largest absolute Gasteiger partial charge is 0.394 e. The van der Waals surface area contributed by atoms with Crippen LogP contribution in [0.4, 0.5) is 0 Å². The van der Waals surface area contributed by atoms with E-state index in [0.717, 1.165) is 19.3 Å². The summed E-state index contributed by atoms with van der Waals surface area (Å²) in [6.45, 7) is 2.73. The van der Waals surface area contributed by atoms with Crippen LogP contribution in [0, 0.1) is 0 Å². The Kier molecular flexibility index (Phi) is 16.8. The van der Waals surface area contributed by atoms with Crippen LogP contribution >= 0.6 is 0 Å². The molecule has 1 aliphatic rings. The first kappa shape index (κ1) is 26.6. The number of hydrogen-bond donors (Lipinski definition) is 3. The summed E-state index contributed by atoms with van der Waals surface area (Å²) in [5.41, 5.74) is 0. The topological polar surface area (TPSA) is 79.2 Å². The van der Waals surface area contributed by atoms with Crippen LogP contribution < -0.4 is 0 Å². The zero-order valence-electron chi connectivity index (χ0n) is 18.6. The second-order valence-corrected chi connectivity index (χ2v) is 8.38. The van der Waals surface area contributed by atoms with Gasteiger partial charge in [0.2, 0.25) is 0 Å². The van der Waals surface area contributed by atoms with Crippen LogP contribution in [0.2, 0.25) is 0 Å². The lowest BCUT2D eigenvalue weighted by molar-refractivity contribution is -0.208. The molecule has 0 bridgehead atoms. The molecule has 29 heavy (non-hydrogen) atoms. The molecule has 0 radical (unpaired) electrons. The zero-order valence-corrected chi connectivity index (χ0v) is 18.6. The van der Waals surface area contributed by atoms with Gasteiger partial charge in [0.1, 0.15) is 24.4 Å². The Morgan fingerprint density at radius 3 is 1.93 bits per heavy atom. The molecule has 5 nitrogen and oxygen atoms in total. The van der Waals surface area contributed by atoms with Gasteiger partial charge in [0.05, 0.1) is 13.2 Å². The summed E-state index contributed by atoms with van der Waals surface area (Å²) in [6.07, 6.45) is 19.3. The van der Waals surface area contributed by atoms with E-state index in [2.05, 4.69) is 19.1 Å². The molecule has 1 heterocycles. The van der Waals surface area contributed by atoms with Crippen molar-refractivity contribution >= 4 is 0 Å². The van der Waals surface area contributed by atoms with Crippen molar-refractivity contribution < 1.29 is 24.8 Å². The molecule has 0 aliphatic carbocycles. The van der Waals surface area contributed by atoms with Crippen molar-refractivity contribution in [3.63, 3.8) is 0 Å². The van der Waals surface area contributed by atoms with Crippen LogP contribution in [0.5, 0.6) is 0 Å². The normalized spacial score (nSPS) is 25.1. The summed E-state index contributed by atoms with van der Waals surface area (Å²) in [5, 5.41) is 28.9. The van der Waals surface area contributed by atoms with Crippen LogP contribution in [0.25, 0.3) is 0 Å². The maximum absolute atomic E-state index is 10.00. The summed E-state index contributed by atoms with van der Waals surface area (Å²) >= 11 is 0. The Bertz CT molecular complexity index is 387.